The molecule has 2 rings (SSSR count). The van der Waals surface area contributed by atoms with Crippen LogP contribution in [0.3, 0.4) is 0 Å². The maximum atomic E-state index is 13.6. The Labute approximate surface area is 211 Å². The van der Waals surface area contributed by atoms with Crippen LogP contribution < -0.4 is 14.4 Å². The molecule has 0 fully saturated rings. The third-order valence-electron chi connectivity index (χ3n) is 5.54. The van der Waals surface area contributed by atoms with Crippen molar-refractivity contribution >= 4 is 33.2 Å². The van der Waals surface area contributed by atoms with Gasteiger partial charge in [0.05, 0.1) is 18.3 Å². The number of amides is 2. The van der Waals surface area contributed by atoms with E-state index in [0.29, 0.717) is 19.4 Å². The second-order valence-corrected chi connectivity index (χ2v) is 9.93. The van der Waals surface area contributed by atoms with E-state index in [4.69, 9.17) is 4.74 Å². The highest BCUT2D eigenvalue weighted by atomic mass is 32.2. The van der Waals surface area contributed by atoms with Crippen LogP contribution in [0.4, 0.5) is 11.4 Å². The predicted octanol–water partition coefficient (Wildman–Crippen LogP) is 2.36. The van der Waals surface area contributed by atoms with E-state index in [1.807, 2.05) is 30.3 Å². The molecule has 2 aromatic rings. The Morgan fingerprint density at radius 3 is 2.33 bits per heavy atom. The van der Waals surface area contributed by atoms with Crippen LogP contribution in [0.5, 0.6) is 5.75 Å². The zero-order valence-electron chi connectivity index (χ0n) is 20.8. The molecule has 2 aromatic carbocycles. The fraction of sp³-hybridized carbons (Fsp3) is 0.417. The molecule has 1 atom stereocenters. The molecule has 0 aromatic heterocycles. The van der Waals surface area contributed by atoms with E-state index in [1.54, 1.807) is 13.8 Å². The van der Waals surface area contributed by atoms with Gasteiger partial charge in [-0.25, -0.2) is 8.42 Å². The number of hydrogen-bond acceptors (Lipinski definition) is 7. The largest absolute Gasteiger partial charge is 0.495 e. The number of nitro benzene ring substituents is 1. The van der Waals surface area contributed by atoms with Crippen molar-refractivity contribution in [1.82, 2.24) is 10.2 Å². The molecule has 0 saturated carbocycles. The second-order valence-electron chi connectivity index (χ2n) is 8.02. The number of likely N-dealkylation sites (N-methyl/N-ethyl adjacent to an activating group) is 1. The van der Waals surface area contributed by atoms with Gasteiger partial charge in [0, 0.05) is 25.2 Å². The van der Waals surface area contributed by atoms with Crippen molar-refractivity contribution in [2.75, 3.05) is 37.3 Å². The lowest BCUT2D eigenvalue weighted by Crippen LogP contribution is -2.53. The molecule has 0 aliphatic heterocycles. The first-order valence-electron chi connectivity index (χ1n) is 11.4. The average Bonchev–Trinajstić information content (AvgIpc) is 2.84. The summed E-state index contributed by atoms with van der Waals surface area (Å²) in [5, 5.41) is 14.0. The van der Waals surface area contributed by atoms with Crippen LogP contribution >= 0.6 is 0 Å². The smallest absolute Gasteiger partial charge is 0.271 e. The summed E-state index contributed by atoms with van der Waals surface area (Å²) in [6.07, 6.45) is 1.65. The molecule has 0 radical (unpaired) electrons. The van der Waals surface area contributed by atoms with Crippen molar-refractivity contribution in [1.29, 1.82) is 0 Å². The van der Waals surface area contributed by atoms with Gasteiger partial charge in [-0.3, -0.25) is 24.0 Å². The van der Waals surface area contributed by atoms with Gasteiger partial charge in [0.15, 0.2) is 0 Å². The molecule has 0 heterocycles. The highest BCUT2D eigenvalue weighted by Gasteiger charge is 2.32. The van der Waals surface area contributed by atoms with Crippen LogP contribution in [0.15, 0.2) is 48.5 Å². The third kappa shape index (κ3) is 7.41. The van der Waals surface area contributed by atoms with Crippen LogP contribution in [0.2, 0.25) is 0 Å². The van der Waals surface area contributed by atoms with Gasteiger partial charge in [-0.15, -0.1) is 0 Å². The number of sulfonamides is 1. The van der Waals surface area contributed by atoms with E-state index in [1.165, 1.54) is 24.1 Å². The number of benzene rings is 2. The SMILES string of the molecule is CCNC(=O)[C@@H](CC)N(CCc1ccccc1)C(=O)CN(c1cc([N+](=O)[O-])ccc1OC)S(C)(=O)=O. The van der Waals surface area contributed by atoms with E-state index in [0.717, 1.165) is 22.2 Å². The second kappa shape index (κ2) is 12.9. The molecule has 0 unspecified atom stereocenters. The van der Waals surface area contributed by atoms with Gasteiger partial charge in [-0.2, -0.15) is 0 Å². The van der Waals surface area contributed by atoms with E-state index in [-0.39, 0.29) is 29.6 Å². The van der Waals surface area contributed by atoms with Gasteiger partial charge in [-0.05, 0) is 31.4 Å². The molecule has 0 aliphatic rings. The third-order valence-corrected chi connectivity index (χ3v) is 6.67. The van der Waals surface area contributed by atoms with Gasteiger partial charge in [0.1, 0.15) is 24.0 Å². The number of carbonyl (C=O) groups is 2. The number of anilines is 1. The van der Waals surface area contributed by atoms with Gasteiger partial charge in [-0.1, -0.05) is 37.3 Å². The van der Waals surface area contributed by atoms with Crippen LogP contribution in [0, 0.1) is 10.1 Å². The standard InChI is InChI=1S/C24H32N4O7S/c1-5-20(24(30)25-6-2)26(15-14-18-10-8-7-9-11-18)23(29)17-27(36(4,33)34)21-16-19(28(31)32)12-13-22(21)35-3/h7-13,16,20H,5-6,14-15,17H2,1-4H3,(H,25,30)/t20-/m1/s1. The minimum atomic E-state index is -4.07. The fourth-order valence-corrected chi connectivity index (χ4v) is 4.61. The molecular weight excluding hydrogens is 488 g/mol. The lowest BCUT2D eigenvalue weighted by molar-refractivity contribution is -0.384. The topological polar surface area (TPSA) is 139 Å². The highest BCUT2D eigenvalue weighted by Crippen LogP contribution is 2.33. The van der Waals surface area contributed by atoms with Crippen molar-refractivity contribution in [3.8, 4) is 5.75 Å². The Morgan fingerprint density at radius 1 is 1.14 bits per heavy atom. The number of methoxy groups -OCH3 is 1. The minimum absolute atomic E-state index is 0.0467. The van der Waals surface area contributed by atoms with Crippen LogP contribution in [0.1, 0.15) is 25.8 Å². The maximum Gasteiger partial charge on any atom is 0.271 e. The maximum absolute atomic E-state index is 13.6. The summed E-state index contributed by atoms with van der Waals surface area (Å²) >= 11 is 0. The minimum Gasteiger partial charge on any atom is -0.495 e. The van der Waals surface area contributed by atoms with Crippen molar-refractivity contribution in [2.24, 2.45) is 0 Å². The number of ether oxygens (including phenoxy) is 1. The summed E-state index contributed by atoms with van der Waals surface area (Å²) in [5.41, 5.74) is 0.444. The average molecular weight is 521 g/mol. The van der Waals surface area contributed by atoms with Crippen molar-refractivity contribution in [3.05, 3.63) is 64.2 Å². The molecule has 0 aliphatic carbocycles. The first-order chi connectivity index (χ1) is 17.0. The highest BCUT2D eigenvalue weighted by molar-refractivity contribution is 7.92. The van der Waals surface area contributed by atoms with E-state index >= 15 is 0 Å². The number of nitrogens with one attached hydrogen (secondary N) is 1. The van der Waals surface area contributed by atoms with Gasteiger partial charge >= 0.3 is 0 Å². The molecule has 1 N–H and O–H groups in total. The lowest BCUT2D eigenvalue weighted by atomic mass is 10.1. The zero-order valence-corrected chi connectivity index (χ0v) is 21.7. The molecule has 0 spiro atoms. The fourth-order valence-electron chi connectivity index (χ4n) is 3.77. The lowest BCUT2D eigenvalue weighted by Gasteiger charge is -2.33. The van der Waals surface area contributed by atoms with Crippen molar-refractivity contribution in [3.63, 3.8) is 0 Å². The number of rotatable bonds is 13. The van der Waals surface area contributed by atoms with E-state index in [9.17, 15) is 28.1 Å². The Morgan fingerprint density at radius 2 is 1.81 bits per heavy atom. The summed E-state index contributed by atoms with van der Waals surface area (Å²) < 4.78 is 31.5. The summed E-state index contributed by atoms with van der Waals surface area (Å²) in [7, 11) is -2.78. The summed E-state index contributed by atoms with van der Waals surface area (Å²) in [6, 6.07) is 12.1. The number of nitrogens with zero attached hydrogens (tertiary/aromatic N) is 3. The summed E-state index contributed by atoms with van der Waals surface area (Å²) in [6.45, 7) is 3.40. The van der Waals surface area contributed by atoms with Crippen LogP contribution in [-0.4, -0.2) is 69.1 Å². The van der Waals surface area contributed by atoms with Gasteiger partial charge in [0.25, 0.3) is 5.69 Å². The van der Waals surface area contributed by atoms with Crippen LogP contribution in [-0.2, 0) is 26.0 Å². The molecule has 196 valence electrons. The molecular formula is C24H32N4O7S. The number of hydrogen-bond donors (Lipinski definition) is 1. The first-order valence-corrected chi connectivity index (χ1v) is 13.3. The first kappa shape index (κ1) is 28.6. The molecule has 36 heavy (non-hydrogen) atoms. The number of non-ortho nitro benzene ring substituents is 1. The summed E-state index contributed by atoms with van der Waals surface area (Å²) in [5.74, 6) is -0.923. The molecule has 12 heteroatoms. The Balaban J connectivity index is 2.48. The summed E-state index contributed by atoms with van der Waals surface area (Å²) in [4.78, 5) is 38.4. The van der Waals surface area contributed by atoms with E-state index in [2.05, 4.69) is 5.32 Å². The monoisotopic (exact) mass is 520 g/mol. The zero-order chi connectivity index (χ0) is 26.9. The van der Waals surface area contributed by atoms with Gasteiger partial charge < -0.3 is 15.0 Å². The van der Waals surface area contributed by atoms with Crippen LogP contribution in [0.25, 0.3) is 0 Å². The Hall–Kier alpha value is -3.67. The van der Waals surface area contributed by atoms with E-state index < -0.39 is 33.4 Å². The number of nitro groups is 1. The Kier molecular flexibility index (Phi) is 10.2. The molecule has 0 bridgehead atoms. The van der Waals surface area contributed by atoms with Crippen molar-refractivity contribution in [2.45, 2.75) is 32.7 Å². The quantitative estimate of drug-likeness (QED) is 0.316. The van der Waals surface area contributed by atoms with Gasteiger partial charge in [0.2, 0.25) is 21.8 Å². The molecule has 2 amide bonds. The molecule has 11 nitrogen and oxygen atoms in total. The predicted molar refractivity (Wildman–Crippen MR) is 136 cm³/mol. The molecule has 0 saturated heterocycles. The Bertz CT molecular complexity index is 1170. The normalized spacial score (nSPS) is 11.9. The van der Waals surface area contributed by atoms with Crippen molar-refractivity contribution < 1.29 is 27.7 Å². The number of carbonyl (C=O) groups excluding carboxylic acids is 2.